The van der Waals surface area contributed by atoms with Crippen molar-refractivity contribution in [3.8, 4) is 0 Å². The molecule has 0 amide bonds. The van der Waals surface area contributed by atoms with Gasteiger partial charge in [-0.1, -0.05) is 42.0 Å². The molecule has 1 fully saturated rings. The van der Waals surface area contributed by atoms with Gasteiger partial charge in [0.1, 0.15) is 0 Å². The highest BCUT2D eigenvalue weighted by Gasteiger charge is 2.32. The van der Waals surface area contributed by atoms with Gasteiger partial charge in [-0.3, -0.25) is 0 Å². The summed E-state index contributed by atoms with van der Waals surface area (Å²) >= 11 is 0. The molecule has 110 valence electrons. The summed E-state index contributed by atoms with van der Waals surface area (Å²) in [5.74, 6) is 0.767. The van der Waals surface area contributed by atoms with Gasteiger partial charge in [0.15, 0.2) is 0 Å². The van der Waals surface area contributed by atoms with Gasteiger partial charge in [-0.15, -0.1) is 0 Å². The zero-order valence-electron chi connectivity index (χ0n) is 13.1. The summed E-state index contributed by atoms with van der Waals surface area (Å²) in [6.45, 7) is 2.14. The first-order chi connectivity index (χ1) is 10.1. The Morgan fingerprint density at radius 2 is 1.67 bits per heavy atom. The molecule has 1 unspecified atom stereocenters. The third-order valence-electron chi connectivity index (χ3n) is 4.23. The lowest BCUT2D eigenvalue weighted by Crippen LogP contribution is -2.17. The molecule has 1 aliphatic rings. The summed E-state index contributed by atoms with van der Waals surface area (Å²) in [5.41, 5.74) is 5.19. The lowest BCUT2D eigenvalue weighted by molar-refractivity contribution is 0.678. The van der Waals surface area contributed by atoms with Gasteiger partial charge in [-0.25, -0.2) is 0 Å². The van der Waals surface area contributed by atoms with Gasteiger partial charge in [-0.05, 0) is 43.4 Å². The highest BCUT2D eigenvalue weighted by Crippen LogP contribution is 2.43. The minimum atomic E-state index is 0.423. The predicted molar refractivity (Wildman–Crippen MR) is 91.0 cm³/mol. The van der Waals surface area contributed by atoms with Crippen LogP contribution in [0.1, 0.15) is 30.0 Å². The fourth-order valence-corrected chi connectivity index (χ4v) is 2.83. The lowest BCUT2D eigenvalue weighted by Gasteiger charge is -2.24. The Labute approximate surface area is 127 Å². The zero-order valence-corrected chi connectivity index (χ0v) is 13.1. The maximum Gasteiger partial charge on any atom is 0.0596 e. The van der Waals surface area contributed by atoms with E-state index in [1.165, 1.54) is 35.3 Å². The fraction of sp³-hybridized carbons (Fsp3) is 0.368. The van der Waals surface area contributed by atoms with Gasteiger partial charge in [0, 0.05) is 14.1 Å². The molecule has 0 bridgehead atoms. The summed E-state index contributed by atoms with van der Waals surface area (Å²) < 4.78 is 0. The van der Waals surface area contributed by atoms with Crippen LogP contribution in [0.15, 0.2) is 48.5 Å². The number of anilines is 2. The summed E-state index contributed by atoms with van der Waals surface area (Å²) in [5, 5.41) is 3.78. The molecular formula is C19H24N2. The van der Waals surface area contributed by atoms with Crippen molar-refractivity contribution in [1.82, 2.24) is 0 Å². The largest absolute Gasteiger partial charge is 0.376 e. The molecule has 3 rings (SSSR count). The molecule has 1 aliphatic carbocycles. The van der Waals surface area contributed by atoms with E-state index in [4.69, 9.17) is 0 Å². The van der Waals surface area contributed by atoms with Gasteiger partial charge < -0.3 is 10.2 Å². The average Bonchev–Trinajstić information content (AvgIpc) is 3.31. The van der Waals surface area contributed by atoms with Crippen LogP contribution in [0.3, 0.4) is 0 Å². The molecule has 2 nitrogen and oxygen atoms in total. The van der Waals surface area contributed by atoms with Crippen molar-refractivity contribution in [2.45, 2.75) is 25.8 Å². The summed E-state index contributed by atoms with van der Waals surface area (Å²) in [7, 11) is 4.19. The van der Waals surface area contributed by atoms with E-state index in [1.54, 1.807) is 0 Å². The first kappa shape index (κ1) is 14.0. The van der Waals surface area contributed by atoms with Crippen LogP contribution in [0, 0.1) is 12.8 Å². The standard InChI is InChI=1S/C19H24N2/c1-14-8-10-15(11-9-14)19(16-12-13-16)20-17-6-4-5-7-18(17)21(2)3/h4-11,16,19-20H,12-13H2,1-3H3. The van der Waals surface area contributed by atoms with Crippen LogP contribution in [0.4, 0.5) is 11.4 Å². The molecular weight excluding hydrogens is 256 g/mol. The molecule has 0 saturated heterocycles. The van der Waals surface area contributed by atoms with Gasteiger partial charge >= 0.3 is 0 Å². The number of rotatable bonds is 5. The smallest absolute Gasteiger partial charge is 0.0596 e. The Morgan fingerprint density at radius 1 is 1.00 bits per heavy atom. The average molecular weight is 280 g/mol. The Bertz CT molecular complexity index is 597. The number of hydrogen-bond acceptors (Lipinski definition) is 2. The zero-order chi connectivity index (χ0) is 14.8. The van der Waals surface area contributed by atoms with E-state index in [0.717, 1.165) is 5.92 Å². The van der Waals surface area contributed by atoms with E-state index >= 15 is 0 Å². The van der Waals surface area contributed by atoms with E-state index < -0.39 is 0 Å². The maximum atomic E-state index is 3.78. The molecule has 0 spiro atoms. The van der Waals surface area contributed by atoms with E-state index in [9.17, 15) is 0 Å². The van der Waals surface area contributed by atoms with Gasteiger partial charge in [0.05, 0.1) is 17.4 Å². The van der Waals surface area contributed by atoms with E-state index in [-0.39, 0.29) is 0 Å². The number of benzene rings is 2. The Morgan fingerprint density at radius 3 is 2.29 bits per heavy atom. The van der Waals surface area contributed by atoms with Crippen molar-refractivity contribution in [3.63, 3.8) is 0 Å². The third kappa shape index (κ3) is 3.21. The molecule has 21 heavy (non-hydrogen) atoms. The second kappa shape index (κ2) is 5.80. The van der Waals surface area contributed by atoms with Crippen molar-refractivity contribution < 1.29 is 0 Å². The number of para-hydroxylation sites is 2. The van der Waals surface area contributed by atoms with Crippen LogP contribution >= 0.6 is 0 Å². The summed E-state index contributed by atoms with van der Waals surface area (Å²) in [6.07, 6.45) is 2.66. The number of nitrogens with one attached hydrogen (secondary N) is 1. The van der Waals surface area contributed by atoms with Crippen LogP contribution in [0.5, 0.6) is 0 Å². The quantitative estimate of drug-likeness (QED) is 0.859. The van der Waals surface area contributed by atoms with E-state index in [2.05, 4.69) is 79.8 Å². The number of nitrogens with zero attached hydrogens (tertiary/aromatic N) is 1. The van der Waals surface area contributed by atoms with Gasteiger partial charge in [-0.2, -0.15) is 0 Å². The molecule has 0 heterocycles. The highest BCUT2D eigenvalue weighted by atomic mass is 15.1. The van der Waals surface area contributed by atoms with Crippen LogP contribution < -0.4 is 10.2 Å². The Balaban J connectivity index is 1.88. The van der Waals surface area contributed by atoms with Gasteiger partial charge in [0.2, 0.25) is 0 Å². The molecule has 0 aliphatic heterocycles. The van der Waals surface area contributed by atoms with Crippen LogP contribution in [0.25, 0.3) is 0 Å². The number of hydrogen-bond donors (Lipinski definition) is 1. The van der Waals surface area contributed by atoms with Crippen molar-refractivity contribution in [3.05, 3.63) is 59.7 Å². The van der Waals surface area contributed by atoms with Crippen molar-refractivity contribution in [1.29, 1.82) is 0 Å². The fourth-order valence-electron chi connectivity index (χ4n) is 2.83. The molecule has 0 radical (unpaired) electrons. The van der Waals surface area contributed by atoms with Crippen molar-refractivity contribution in [2.24, 2.45) is 5.92 Å². The van der Waals surface area contributed by atoms with Crippen LogP contribution in [-0.4, -0.2) is 14.1 Å². The van der Waals surface area contributed by atoms with Crippen molar-refractivity contribution in [2.75, 3.05) is 24.3 Å². The molecule has 2 aromatic carbocycles. The summed E-state index contributed by atoms with van der Waals surface area (Å²) in [6, 6.07) is 17.9. The van der Waals surface area contributed by atoms with E-state index in [0.29, 0.717) is 6.04 Å². The second-order valence-corrected chi connectivity index (χ2v) is 6.28. The van der Waals surface area contributed by atoms with E-state index in [1.807, 2.05) is 0 Å². The van der Waals surface area contributed by atoms with Crippen molar-refractivity contribution >= 4 is 11.4 Å². The first-order valence-electron chi connectivity index (χ1n) is 7.74. The third-order valence-corrected chi connectivity index (χ3v) is 4.23. The topological polar surface area (TPSA) is 15.3 Å². The normalized spacial score (nSPS) is 15.6. The minimum Gasteiger partial charge on any atom is -0.376 e. The molecule has 1 saturated carbocycles. The molecule has 2 heteroatoms. The summed E-state index contributed by atoms with van der Waals surface area (Å²) in [4.78, 5) is 2.17. The van der Waals surface area contributed by atoms with Crippen LogP contribution in [0.2, 0.25) is 0 Å². The first-order valence-corrected chi connectivity index (χ1v) is 7.74. The molecule has 2 aromatic rings. The Hall–Kier alpha value is -1.96. The predicted octanol–water partition coefficient (Wildman–Crippen LogP) is 4.62. The lowest BCUT2D eigenvalue weighted by atomic mass is 10.0. The van der Waals surface area contributed by atoms with Gasteiger partial charge in [0.25, 0.3) is 0 Å². The second-order valence-electron chi connectivity index (χ2n) is 6.28. The molecule has 1 atom stereocenters. The SMILES string of the molecule is Cc1ccc(C(Nc2ccccc2N(C)C)C2CC2)cc1. The van der Waals surface area contributed by atoms with Crippen LogP contribution in [-0.2, 0) is 0 Å². The minimum absolute atomic E-state index is 0.423. The monoisotopic (exact) mass is 280 g/mol. The molecule has 1 N–H and O–H groups in total. The number of aryl methyl sites for hydroxylation is 1. The highest BCUT2D eigenvalue weighted by molar-refractivity contribution is 5.70. The maximum absolute atomic E-state index is 3.78. The molecule has 0 aromatic heterocycles. The Kier molecular flexibility index (Phi) is 3.87.